The van der Waals surface area contributed by atoms with Crippen molar-refractivity contribution in [2.24, 2.45) is 0 Å². The smallest absolute Gasteiger partial charge is 0.159 e. The van der Waals surface area contributed by atoms with Gasteiger partial charge in [0.25, 0.3) is 0 Å². The first kappa shape index (κ1) is 10.8. The molecule has 2 aromatic heterocycles. The van der Waals surface area contributed by atoms with Crippen molar-refractivity contribution < 1.29 is 0 Å². The molecule has 2 heterocycles. The molecule has 15 heavy (non-hydrogen) atoms. The SMILES string of the molecule is CCn1nc(C)c(-c2csc(Br)n2)c1C. The van der Waals surface area contributed by atoms with E-state index in [1.165, 1.54) is 11.3 Å². The van der Waals surface area contributed by atoms with Crippen LogP contribution in [0.5, 0.6) is 0 Å². The largest absolute Gasteiger partial charge is 0.269 e. The van der Waals surface area contributed by atoms with Gasteiger partial charge >= 0.3 is 0 Å². The first-order valence-electron chi connectivity index (χ1n) is 4.79. The van der Waals surface area contributed by atoms with E-state index in [0.717, 1.165) is 21.8 Å². The minimum atomic E-state index is 0.901. The number of rotatable bonds is 2. The molecule has 0 saturated heterocycles. The average molecular weight is 286 g/mol. The molecule has 0 saturated carbocycles. The maximum absolute atomic E-state index is 4.48. The highest BCUT2D eigenvalue weighted by Gasteiger charge is 2.14. The lowest BCUT2D eigenvalue weighted by Crippen LogP contribution is -1.98. The summed E-state index contributed by atoms with van der Waals surface area (Å²) in [5.41, 5.74) is 4.42. The van der Waals surface area contributed by atoms with E-state index < -0.39 is 0 Å². The summed E-state index contributed by atoms with van der Waals surface area (Å²) in [5.74, 6) is 0. The highest BCUT2D eigenvalue weighted by atomic mass is 79.9. The molecule has 2 aromatic rings. The molecule has 0 aromatic carbocycles. The lowest BCUT2D eigenvalue weighted by atomic mass is 10.1. The normalized spacial score (nSPS) is 10.9. The predicted molar refractivity (Wildman–Crippen MR) is 66.2 cm³/mol. The molecular weight excluding hydrogens is 274 g/mol. The molecule has 0 aliphatic rings. The molecule has 0 amide bonds. The van der Waals surface area contributed by atoms with Gasteiger partial charge in [-0.05, 0) is 36.7 Å². The second-order valence-electron chi connectivity index (χ2n) is 3.35. The molecule has 2 rings (SSSR count). The van der Waals surface area contributed by atoms with Crippen LogP contribution in [0.4, 0.5) is 0 Å². The van der Waals surface area contributed by atoms with Crippen LogP contribution < -0.4 is 0 Å². The van der Waals surface area contributed by atoms with Crippen molar-refractivity contribution in [1.82, 2.24) is 14.8 Å². The molecule has 0 spiro atoms. The molecule has 0 bridgehead atoms. The zero-order valence-electron chi connectivity index (χ0n) is 8.91. The van der Waals surface area contributed by atoms with Crippen molar-refractivity contribution in [2.45, 2.75) is 27.3 Å². The quantitative estimate of drug-likeness (QED) is 0.847. The summed E-state index contributed by atoms with van der Waals surface area (Å²) in [7, 11) is 0. The van der Waals surface area contributed by atoms with Gasteiger partial charge in [-0.15, -0.1) is 11.3 Å². The van der Waals surface area contributed by atoms with E-state index in [1.54, 1.807) is 11.3 Å². The molecule has 0 unspecified atom stereocenters. The number of aromatic nitrogens is 3. The Hall–Kier alpha value is -0.680. The third-order valence-electron chi connectivity index (χ3n) is 2.41. The van der Waals surface area contributed by atoms with Crippen LogP contribution in [0.2, 0.25) is 0 Å². The molecule has 0 N–H and O–H groups in total. The first-order chi connectivity index (χ1) is 7.13. The summed E-state index contributed by atoms with van der Waals surface area (Å²) in [6.07, 6.45) is 0. The Bertz CT molecular complexity index is 487. The van der Waals surface area contributed by atoms with Crippen molar-refractivity contribution >= 4 is 27.3 Å². The van der Waals surface area contributed by atoms with Crippen LogP contribution >= 0.6 is 27.3 Å². The molecule has 0 radical (unpaired) electrons. The minimum Gasteiger partial charge on any atom is -0.269 e. The number of halogens is 1. The lowest BCUT2D eigenvalue weighted by Gasteiger charge is -1.99. The van der Waals surface area contributed by atoms with E-state index in [0.29, 0.717) is 0 Å². The zero-order chi connectivity index (χ0) is 11.0. The van der Waals surface area contributed by atoms with Crippen molar-refractivity contribution in [3.8, 4) is 11.3 Å². The molecule has 80 valence electrons. The van der Waals surface area contributed by atoms with Crippen molar-refractivity contribution in [3.05, 3.63) is 20.7 Å². The molecule has 5 heteroatoms. The van der Waals surface area contributed by atoms with Crippen LogP contribution in [0.15, 0.2) is 9.30 Å². The lowest BCUT2D eigenvalue weighted by molar-refractivity contribution is 0.634. The van der Waals surface area contributed by atoms with Gasteiger partial charge < -0.3 is 0 Å². The Balaban J connectivity index is 2.57. The fourth-order valence-corrected chi connectivity index (χ4v) is 2.74. The third-order valence-corrected chi connectivity index (χ3v) is 3.78. The van der Waals surface area contributed by atoms with Crippen LogP contribution in [-0.2, 0) is 6.54 Å². The predicted octanol–water partition coefficient (Wildman–Crippen LogP) is 3.41. The van der Waals surface area contributed by atoms with Gasteiger partial charge in [0.2, 0.25) is 0 Å². The van der Waals surface area contributed by atoms with Crippen LogP contribution in [0, 0.1) is 13.8 Å². The molecule has 3 nitrogen and oxygen atoms in total. The summed E-state index contributed by atoms with van der Waals surface area (Å²) in [6.45, 7) is 7.12. The Labute approximate surface area is 101 Å². The van der Waals surface area contributed by atoms with Crippen molar-refractivity contribution in [2.75, 3.05) is 0 Å². The monoisotopic (exact) mass is 285 g/mol. The highest BCUT2D eigenvalue weighted by Crippen LogP contribution is 2.29. The van der Waals surface area contributed by atoms with Gasteiger partial charge in [-0.1, -0.05) is 0 Å². The summed E-state index contributed by atoms with van der Waals surface area (Å²) in [4.78, 5) is 4.43. The molecule has 0 atom stereocenters. The van der Waals surface area contributed by atoms with Gasteiger partial charge in [0, 0.05) is 23.2 Å². The van der Waals surface area contributed by atoms with E-state index in [2.05, 4.69) is 45.2 Å². The molecular formula is C10H12BrN3S. The number of thiazole rings is 1. The van der Waals surface area contributed by atoms with E-state index in [-0.39, 0.29) is 0 Å². The molecule has 0 aliphatic carbocycles. The summed E-state index contributed by atoms with van der Waals surface area (Å²) in [5, 5.41) is 6.54. The molecule has 0 aliphatic heterocycles. The number of aryl methyl sites for hydroxylation is 2. The fourth-order valence-electron chi connectivity index (χ4n) is 1.74. The maximum Gasteiger partial charge on any atom is 0.159 e. The Morgan fingerprint density at radius 1 is 1.47 bits per heavy atom. The van der Waals surface area contributed by atoms with Gasteiger partial charge in [0.1, 0.15) is 0 Å². The average Bonchev–Trinajstić information content (AvgIpc) is 2.71. The summed E-state index contributed by atoms with van der Waals surface area (Å²) >= 11 is 4.98. The Morgan fingerprint density at radius 3 is 2.67 bits per heavy atom. The Kier molecular flexibility index (Phi) is 2.93. The van der Waals surface area contributed by atoms with E-state index in [1.807, 2.05) is 11.6 Å². The van der Waals surface area contributed by atoms with E-state index in [9.17, 15) is 0 Å². The van der Waals surface area contributed by atoms with Crippen molar-refractivity contribution in [3.63, 3.8) is 0 Å². The standard InChI is InChI=1S/C10H12BrN3S/c1-4-14-7(3)9(6(2)13-14)8-5-15-10(11)12-8/h5H,4H2,1-3H3. The number of nitrogens with zero attached hydrogens (tertiary/aromatic N) is 3. The van der Waals surface area contributed by atoms with Crippen molar-refractivity contribution in [1.29, 1.82) is 0 Å². The fraction of sp³-hybridized carbons (Fsp3) is 0.400. The number of hydrogen-bond acceptors (Lipinski definition) is 3. The third kappa shape index (κ3) is 1.86. The second-order valence-corrected chi connectivity index (χ2v) is 5.48. The maximum atomic E-state index is 4.48. The minimum absolute atomic E-state index is 0.901. The van der Waals surface area contributed by atoms with Gasteiger partial charge in [-0.25, -0.2) is 4.98 Å². The zero-order valence-corrected chi connectivity index (χ0v) is 11.3. The second kappa shape index (κ2) is 4.06. The van der Waals surface area contributed by atoms with Crippen LogP contribution in [0.3, 0.4) is 0 Å². The van der Waals surface area contributed by atoms with Gasteiger partial charge in [-0.2, -0.15) is 5.10 Å². The van der Waals surface area contributed by atoms with Gasteiger partial charge in [0.05, 0.1) is 11.4 Å². The van der Waals surface area contributed by atoms with E-state index >= 15 is 0 Å². The van der Waals surface area contributed by atoms with Crippen LogP contribution in [-0.4, -0.2) is 14.8 Å². The van der Waals surface area contributed by atoms with Crippen LogP contribution in [0.25, 0.3) is 11.3 Å². The topological polar surface area (TPSA) is 30.7 Å². The highest BCUT2D eigenvalue weighted by molar-refractivity contribution is 9.11. The summed E-state index contributed by atoms with van der Waals surface area (Å²) < 4.78 is 2.93. The Morgan fingerprint density at radius 2 is 2.20 bits per heavy atom. The van der Waals surface area contributed by atoms with Gasteiger partial charge in [-0.3, -0.25) is 4.68 Å². The van der Waals surface area contributed by atoms with E-state index in [4.69, 9.17) is 0 Å². The van der Waals surface area contributed by atoms with Crippen LogP contribution in [0.1, 0.15) is 18.3 Å². The first-order valence-corrected chi connectivity index (χ1v) is 6.46. The summed E-state index contributed by atoms with van der Waals surface area (Å²) in [6, 6.07) is 0. The van der Waals surface area contributed by atoms with Gasteiger partial charge in [0.15, 0.2) is 3.92 Å². The molecule has 0 fully saturated rings. The number of hydrogen-bond donors (Lipinski definition) is 0.